The summed E-state index contributed by atoms with van der Waals surface area (Å²) in [7, 11) is 0. The number of non-ortho nitro benzene ring substituents is 1. The number of ether oxygens (including phenoxy) is 1. The molecule has 0 radical (unpaired) electrons. The zero-order valence-electron chi connectivity index (χ0n) is 17.7. The van der Waals surface area contributed by atoms with E-state index in [0.717, 1.165) is 6.07 Å². The molecule has 1 aliphatic heterocycles. The van der Waals surface area contributed by atoms with Crippen LogP contribution in [0.15, 0.2) is 72.3 Å². The molecule has 3 aromatic carbocycles. The summed E-state index contributed by atoms with van der Waals surface area (Å²) in [6, 6.07) is 14.3. The summed E-state index contributed by atoms with van der Waals surface area (Å²) in [4.78, 5) is 48.7. The van der Waals surface area contributed by atoms with Crippen LogP contribution in [0.3, 0.4) is 0 Å². The van der Waals surface area contributed by atoms with Crippen molar-refractivity contribution < 1.29 is 28.4 Å². The first-order chi connectivity index (χ1) is 16.7. The van der Waals surface area contributed by atoms with E-state index in [0.29, 0.717) is 10.5 Å². The van der Waals surface area contributed by atoms with E-state index in [1.54, 1.807) is 0 Å². The molecule has 0 bridgehead atoms. The molecule has 11 heteroatoms. The van der Waals surface area contributed by atoms with Gasteiger partial charge in [0.25, 0.3) is 17.5 Å². The van der Waals surface area contributed by atoms with Crippen LogP contribution < -0.4 is 15.0 Å². The number of imide groups is 2. The number of amides is 4. The summed E-state index contributed by atoms with van der Waals surface area (Å²) in [5.41, 5.74) is 0.0681. The lowest BCUT2D eigenvalue weighted by atomic mass is 10.1. The number of rotatable bonds is 6. The van der Waals surface area contributed by atoms with Gasteiger partial charge < -0.3 is 4.74 Å². The lowest BCUT2D eigenvalue weighted by molar-refractivity contribution is -0.384. The third kappa shape index (κ3) is 5.02. The van der Waals surface area contributed by atoms with E-state index < -0.39 is 34.2 Å². The predicted octanol–water partition coefficient (Wildman–Crippen LogP) is 4.63. The molecule has 35 heavy (non-hydrogen) atoms. The Hall–Kier alpha value is -4.57. The number of nitro groups is 1. The van der Waals surface area contributed by atoms with E-state index in [9.17, 15) is 28.9 Å². The molecule has 176 valence electrons. The second-order valence-electron chi connectivity index (χ2n) is 7.30. The van der Waals surface area contributed by atoms with Gasteiger partial charge in [0.15, 0.2) is 0 Å². The van der Waals surface area contributed by atoms with Crippen LogP contribution in [0.1, 0.15) is 11.1 Å². The van der Waals surface area contributed by atoms with Gasteiger partial charge in [-0.15, -0.1) is 0 Å². The lowest BCUT2D eigenvalue weighted by Crippen LogP contribution is -2.54. The molecule has 1 heterocycles. The maximum Gasteiger partial charge on any atom is 0.336 e. The molecule has 0 aliphatic carbocycles. The number of halogens is 2. The zero-order valence-corrected chi connectivity index (χ0v) is 18.5. The largest absolute Gasteiger partial charge is 0.488 e. The van der Waals surface area contributed by atoms with Crippen molar-refractivity contribution in [2.45, 2.75) is 6.61 Å². The molecule has 1 aliphatic rings. The Morgan fingerprint density at radius 3 is 2.46 bits per heavy atom. The number of para-hydroxylation sites is 1. The molecule has 0 saturated carbocycles. The van der Waals surface area contributed by atoms with Crippen molar-refractivity contribution in [1.82, 2.24) is 5.32 Å². The molecule has 0 spiro atoms. The van der Waals surface area contributed by atoms with Crippen LogP contribution in [0, 0.1) is 15.9 Å². The van der Waals surface area contributed by atoms with Gasteiger partial charge in [-0.3, -0.25) is 25.0 Å². The second-order valence-corrected chi connectivity index (χ2v) is 7.74. The van der Waals surface area contributed by atoms with Crippen molar-refractivity contribution in [1.29, 1.82) is 0 Å². The van der Waals surface area contributed by atoms with Gasteiger partial charge in [0.2, 0.25) is 0 Å². The van der Waals surface area contributed by atoms with Crippen LogP contribution >= 0.6 is 11.6 Å². The highest BCUT2D eigenvalue weighted by Crippen LogP contribution is 2.29. The molecule has 1 N–H and O–H groups in total. The smallest absolute Gasteiger partial charge is 0.336 e. The average molecular weight is 496 g/mol. The average Bonchev–Trinajstić information content (AvgIpc) is 2.82. The summed E-state index contributed by atoms with van der Waals surface area (Å²) in [5.74, 6) is -2.56. The van der Waals surface area contributed by atoms with Crippen LogP contribution in [0.5, 0.6) is 5.75 Å². The number of anilines is 1. The van der Waals surface area contributed by atoms with E-state index in [-0.39, 0.29) is 34.3 Å². The van der Waals surface area contributed by atoms with Gasteiger partial charge in [-0.1, -0.05) is 23.7 Å². The van der Waals surface area contributed by atoms with Gasteiger partial charge in [-0.2, -0.15) is 0 Å². The molecule has 4 amide bonds. The monoisotopic (exact) mass is 495 g/mol. The van der Waals surface area contributed by atoms with E-state index in [1.807, 2.05) is 5.32 Å². The minimum atomic E-state index is -1.08. The first kappa shape index (κ1) is 23.6. The van der Waals surface area contributed by atoms with Crippen LogP contribution in [-0.4, -0.2) is 22.8 Å². The maximum atomic E-state index is 14.3. The number of carbonyl (C=O) groups excluding carboxylic acids is 3. The highest BCUT2D eigenvalue weighted by molar-refractivity contribution is 6.39. The van der Waals surface area contributed by atoms with Crippen molar-refractivity contribution in [3.05, 3.63) is 104 Å². The molecule has 3 aromatic rings. The maximum absolute atomic E-state index is 14.3. The number of nitro benzene ring substituents is 1. The van der Waals surface area contributed by atoms with Gasteiger partial charge in [0.1, 0.15) is 23.7 Å². The van der Waals surface area contributed by atoms with E-state index in [4.69, 9.17) is 16.3 Å². The normalized spacial score (nSPS) is 14.7. The summed E-state index contributed by atoms with van der Waals surface area (Å²) >= 11 is 6.09. The number of nitrogens with zero attached hydrogens (tertiary/aromatic N) is 2. The minimum absolute atomic E-state index is 0.0236. The number of hydrogen-bond donors (Lipinski definition) is 1. The SMILES string of the molecule is O=C1NC(=O)N(c2ccccc2F)C(=O)/C1=C\c1cc(Cl)ccc1OCc1ccc([N+](=O)[O-])cc1. The summed E-state index contributed by atoms with van der Waals surface area (Å²) in [6.07, 6.45) is 1.19. The third-order valence-electron chi connectivity index (χ3n) is 5.01. The van der Waals surface area contributed by atoms with E-state index in [2.05, 4.69) is 0 Å². The van der Waals surface area contributed by atoms with Crippen molar-refractivity contribution >= 4 is 46.9 Å². The fourth-order valence-corrected chi connectivity index (χ4v) is 3.48. The number of hydrogen-bond acceptors (Lipinski definition) is 6. The van der Waals surface area contributed by atoms with Gasteiger partial charge >= 0.3 is 6.03 Å². The number of carbonyl (C=O) groups is 3. The molecule has 0 aromatic heterocycles. The quantitative estimate of drug-likeness (QED) is 0.230. The van der Waals surface area contributed by atoms with Crippen molar-refractivity contribution in [3.8, 4) is 5.75 Å². The first-order valence-corrected chi connectivity index (χ1v) is 10.4. The number of barbiturate groups is 1. The Morgan fingerprint density at radius 2 is 1.77 bits per heavy atom. The molecule has 0 atom stereocenters. The molecular weight excluding hydrogens is 481 g/mol. The van der Waals surface area contributed by atoms with Crippen molar-refractivity contribution in [2.24, 2.45) is 0 Å². The van der Waals surface area contributed by atoms with Crippen LogP contribution in [0.4, 0.5) is 20.6 Å². The van der Waals surface area contributed by atoms with Gasteiger partial charge in [0, 0.05) is 22.7 Å². The highest BCUT2D eigenvalue weighted by Gasteiger charge is 2.38. The van der Waals surface area contributed by atoms with Crippen LogP contribution in [0.2, 0.25) is 5.02 Å². The molecular formula is C24H15ClFN3O6. The topological polar surface area (TPSA) is 119 Å². The van der Waals surface area contributed by atoms with Gasteiger partial charge in [-0.05, 0) is 54.1 Å². The number of benzene rings is 3. The van der Waals surface area contributed by atoms with E-state index in [1.165, 1.54) is 66.7 Å². The Bertz CT molecular complexity index is 1390. The fraction of sp³-hybridized carbons (Fsp3) is 0.0417. The molecule has 0 unspecified atom stereocenters. The highest BCUT2D eigenvalue weighted by atomic mass is 35.5. The first-order valence-electron chi connectivity index (χ1n) is 10.1. The summed E-state index contributed by atoms with van der Waals surface area (Å²) in [5, 5.41) is 13.1. The fourth-order valence-electron chi connectivity index (χ4n) is 3.30. The molecule has 1 fully saturated rings. The van der Waals surface area contributed by atoms with Crippen molar-refractivity contribution in [3.63, 3.8) is 0 Å². The molecule has 9 nitrogen and oxygen atoms in total. The lowest BCUT2D eigenvalue weighted by Gasteiger charge is -2.26. The Kier molecular flexibility index (Phi) is 6.56. The Labute approximate surface area is 202 Å². The van der Waals surface area contributed by atoms with Gasteiger partial charge in [0.05, 0.1) is 10.6 Å². The predicted molar refractivity (Wildman–Crippen MR) is 124 cm³/mol. The second kappa shape index (κ2) is 9.74. The zero-order chi connectivity index (χ0) is 25.1. The molecule has 4 rings (SSSR count). The van der Waals surface area contributed by atoms with Crippen molar-refractivity contribution in [2.75, 3.05) is 4.90 Å². The molecule has 1 saturated heterocycles. The third-order valence-corrected chi connectivity index (χ3v) is 5.24. The number of urea groups is 1. The Balaban J connectivity index is 1.65. The van der Waals surface area contributed by atoms with Crippen LogP contribution in [0.25, 0.3) is 6.08 Å². The Morgan fingerprint density at radius 1 is 1.06 bits per heavy atom. The summed E-state index contributed by atoms with van der Waals surface area (Å²) < 4.78 is 20.1. The number of nitrogens with one attached hydrogen (secondary N) is 1. The summed E-state index contributed by atoms with van der Waals surface area (Å²) in [6.45, 7) is 0.0236. The van der Waals surface area contributed by atoms with E-state index >= 15 is 0 Å². The standard InChI is InChI=1S/C24H15ClFN3O6/c25-16-7-10-21(35-13-14-5-8-17(9-6-14)29(33)34)15(11-16)12-18-22(30)27-24(32)28(23(18)31)20-4-2-1-3-19(20)26/h1-12H,13H2,(H,27,30,32)/b18-12-. The van der Waals surface area contributed by atoms with Gasteiger partial charge in [-0.25, -0.2) is 14.1 Å². The minimum Gasteiger partial charge on any atom is -0.488 e. The van der Waals surface area contributed by atoms with Crippen LogP contribution in [-0.2, 0) is 16.2 Å².